The zero-order valence-electron chi connectivity index (χ0n) is 12.9. The Labute approximate surface area is 138 Å². The van der Waals surface area contributed by atoms with E-state index in [4.69, 9.17) is 0 Å². The lowest BCUT2D eigenvalue weighted by molar-refractivity contribution is 0.252. The number of hydrogen-bond acceptors (Lipinski definition) is 2. The summed E-state index contributed by atoms with van der Waals surface area (Å²) in [4.78, 5) is 12.0. The van der Waals surface area contributed by atoms with E-state index in [1.807, 2.05) is 6.07 Å². The van der Waals surface area contributed by atoms with Gasteiger partial charge in [0.2, 0.25) is 0 Å². The molecule has 5 heteroatoms. The average Bonchev–Trinajstić information content (AvgIpc) is 2.58. The largest absolute Gasteiger partial charge is 0.507 e. The molecule has 3 rings (SSSR count). The van der Waals surface area contributed by atoms with Gasteiger partial charge in [0.25, 0.3) is 0 Å². The van der Waals surface area contributed by atoms with E-state index in [9.17, 15) is 14.3 Å². The van der Waals surface area contributed by atoms with Crippen molar-refractivity contribution in [1.82, 2.24) is 5.32 Å². The highest BCUT2D eigenvalue weighted by Gasteiger charge is 2.07. The van der Waals surface area contributed by atoms with Gasteiger partial charge in [-0.1, -0.05) is 36.4 Å². The summed E-state index contributed by atoms with van der Waals surface area (Å²) < 4.78 is 12.8. The molecule has 0 heterocycles. The van der Waals surface area contributed by atoms with E-state index < -0.39 is 0 Å². The molecule has 3 aromatic carbocycles. The van der Waals surface area contributed by atoms with Crippen LogP contribution in [-0.4, -0.2) is 17.7 Å². The molecule has 4 nitrogen and oxygen atoms in total. The van der Waals surface area contributed by atoms with Gasteiger partial charge in [0.15, 0.2) is 0 Å². The van der Waals surface area contributed by atoms with E-state index in [-0.39, 0.29) is 17.6 Å². The molecule has 0 aromatic heterocycles. The fourth-order valence-electron chi connectivity index (χ4n) is 2.54. The Kier molecular flexibility index (Phi) is 4.61. The van der Waals surface area contributed by atoms with E-state index in [1.54, 1.807) is 42.5 Å². The van der Waals surface area contributed by atoms with Crippen LogP contribution in [0.25, 0.3) is 10.8 Å². The van der Waals surface area contributed by atoms with Crippen LogP contribution in [0.5, 0.6) is 5.75 Å². The van der Waals surface area contributed by atoms with Crippen molar-refractivity contribution in [1.29, 1.82) is 0 Å². The van der Waals surface area contributed by atoms with E-state index in [1.165, 1.54) is 12.1 Å². The fraction of sp³-hybridized carbons (Fsp3) is 0.105. The number of phenols is 1. The predicted molar refractivity (Wildman–Crippen MR) is 92.7 cm³/mol. The maximum Gasteiger partial charge on any atom is 0.319 e. The van der Waals surface area contributed by atoms with Crippen molar-refractivity contribution >= 4 is 22.5 Å². The SMILES string of the molecule is O=C(NCCc1ccc(F)cc1)Nc1cccc2c(O)cccc12. The van der Waals surface area contributed by atoms with Crippen LogP contribution < -0.4 is 10.6 Å². The van der Waals surface area contributed by atoms with Gasteiger partial charge in [-0.25, -0.2) is 9.18 Å². The van der Waals surface area contributed by atoms with Crippen molar-refractivity contribution in [3.8, 4) is 5.75 Å². The number of carbonyl (C=O) groups excluding carboxylic acids is 1. The Hall–Kier alpha value is -3.08. The molecule has 0 aliphatic heterocycles. The number of aromatic hydroxyl groups is 1. The second kappa shape index (κ2) is 7.00. The van der Waals surface area contributed by atoms with Crippen LogP contribution >= 0.6 is 0 Å². The number of anilines is 1. The third kappa shape index (κ3) is 3.63. The Morgan fingerprint density at radius 3 is 2.46 bits per heavy atom. The normalized spacial score (nSPS) is 10.5. The second-order valence-electron chi connectivity index (χ2n) is 5.44. The van der Waals surface area contributed by atoms with Crippen LogP contribution in [0.2, 0.25) is 0 Å². The Balaban J connectivity index is 1.61. The van der Waals surface area contributed by atoms with Crippen molar-refractivity contribution in [2.45, 2.75) is 6.42 Å². The zero-order valence-corrected chi connectivity index (χ0v) is 12.9. The average molecular weight is 324 g/mol. The quantitative estimate of drug-likeness (QED) is 0.678. The summed E-state index contributed by atoms with van der Waals surface area (Å²) in [6.07, 6.45) is 0.615. The number of urea groups is 1. The van der Waals surface area contributed by atoms with Crippen molar-refractivity contribution in [2.75, 3.05) is 11.9 Å². The van der Waals surface area contributed by atoms with Crippen LogP contribution in [0.15, 0.2) is 60.7 Å². The molecule has 0 bridgehead atoms. The molecule has 0 spiro atoms. The maximum absolute atomic E-state index is 12.8. The Morgan fingerprint density at radius 2 is 1.67 bits per heavy atom. The summed E-state index contributed by atoms with van der Waals surface area (Å²) in [5.74, 6) is -0.100. The zero-order chi connectivity index (χ0) is 16.9. The van der Waals surface area contributed by atoms with E-state index >= 15 is 0 Å². The van der Waals surface area contributed by atoms with Gasteiger partial charge in [0.05, 0.1) is 5.69 Å². The fourth-order valence-corrected chi connectivity index (χ4v) is 2.54. The molecule has 0 atom stereocenters. The van der Waals surface area contributed by atoms with Crippen molar-refractivity contribution in [2.24, 2.45) is 0 Å². The summed E-state index contributed by atoms with van der Waals surface area (Å²) in [6, 6.07) is 16.4. The summed E-state index contributed by atoms with van der Waals surface area (Å²) in [6.45, 7) is 0.438. The molecule has 0 saturated heterocycles. The molecular weight excluding hydrogens is 307 g/mol. The summed E-state index contributed by atoms with van der Waals surface area (Å²) in [7, 11) is 0. The first-order chi connectivity index (χ1) is 11.6. The molecule has 24 heavy (non-hydrogen) atoms. The van der Waals surface area contributed by atoms with Crippen LogP contribution in [0.1, 0.15) is 5.56 Å². The topological polar surface area (TPSA) is 61.4 Å². The molecule has 3 N–H and O–H groups in total. The number of hydrogen-bond donors (Lipinski definition) is 3. The molecule has 0 aliphatic rings. The van der Waals surface area contributed by atoms with Crippen LogP contribution in [0.4, 0.5) is 14.9 Å². The van der Waals surface area contributed by atoms with Gasteiger partial charge in [-0.15, -0.1) is 0 Å². The lowest BCUT2D eigenvalue weighted by Crippen LogP contribution is -2.30. The van der Waals surface area contributed by atoms with Gasteiger partial charge < -0.3 is 15.7 Å². The third-order valence-corrected chi connectivity index (χ3v) is 3.76. The summed E-state index contributed by atoms with van der Waals surface area (Å²) in [5, 5.41) is 16.9. The van der Waals surface area contributed by atoms with E-state index in [0.29, 0.717) is 24.0 Å². The summed E-state index contributed by atoms with van der Waals surface area (Å²) >= 11 is 0. The first-order valence-corrected chi connectivity index (χ1v) is 7.63. The Bertz CT molecular complexity index is 863. The van der Waals surface area contributed by atoms with Gasteiger partial charge >= 0.3 is 6.03 Å². The summed E-state index contributed by atoms with van der Waals surface area (Å²) in [5.41, 5.74) is 1.58. The first kappa shape index (κ1) is 15.8. The van der Waals surface area contributed by atoms with Crippen LogP contribution in [-0.2, 0) is 6.42 Å². The maximum atomic E-state index is 12.8. The van der Waals surface area contributed by atoms with Gasteiger partial charge in [0.1, 0.15) is 11.6 Å². The highest BCUT2D eigenvalue weighted by molar-refractivity contribution is 6.03. The van der Waals surface area contributed by atoms with Crippen molar-refractivity contribution < 1.29 is 14.3 Å². The molecular formula is C19H17FN2O2. The number of benzene rings is 3. The van der Waals surface area contributed by atoms with Gasteiger partial charge in [-0.3, -0.25) is 0 Å². The predicted octanol–water partition coefficient (Wildman–Crippen LogP) is 4.05. The second-order valence-corrected chi connectivity index (χ2v) is 5.44. The number of phenolic OH excluding ortho intramolecular Hbond substituents is 1. The molecule has 2 amide bonds. The molecule has 0 saturated carbocycles. The molecule has 3 aromatic rings. The molecule has 0 radical (unpaired) electrons. The monoisotopic (exact) mass is 324 g/mol. The number of amides is 2. The minimum absolute atomic E-state index is 0.174. The minimum Gasteiger partial charge on any atom is -0.507 e. The number of halogens is 1. The number of fused-ring (bicyclic) bond motifs is 1. The smallest absolute Gasteiger partial charge is 0.319 e. The van der Waals surface area contributed by atoms with Crippen LogP contribution in [0.3, 0.4) is 0 Å². The minimum atomic E-state index is -0.326. The van der Waals surface area contributed by atoms with Crippen molar-refractivity contribution in [3.05, 3.63) is 72.0 Å². The molecule has 0 unspecified atom stereocenters. The van der Waals surface area contributed by atoms with Gasteiger partial charge in [0, 0.05) is 17.3 Å². The Morgan fingerprint density at radius 1 is 0.958 bits per heavy atom. The molecule has 0 fully saturated rings. The standard InChI is InChI=1S/C19H17FN2O2/c20-14-9-7-13(8-10-14)11-12-21-19(24)22-17-5-1-4-16-15(17)3-2-6-18(16)23/h1-10,23H,11-12H2,(H2,21,22,24). The third-order valence-electron chi connectivity index (χ3n) is 3.76. The van der Waals surface area contributed by atoms with E-state index in [2.05, 4.69) is 10.6 Å². The number of carbonyl (C=O) groups is 1. The van der Waals surface area contributed by atoms with Crippen molar-refractivity contribution in [3.63, 3.8) is 0 Å². The number of nitrogens with one attached hydrogen (secondary N) is 2. The van der Waals surface area contributed by atoms with Gasteiger partial charge in [-0.2, -0.15) is 0 Å². The lowest BCUT2D eigenvalue weighted by Gasteiger charge is -2.11. The molecule has 122 valence electrons. The van der Waals surface area contributed by atoms with Crippen LogP contribution in [0, 0.1) is 5.82 Å². The lowest BCUT2D eigenvalue weighted by atomic mass is 10.1. The number of rotatable bonds is 4. The molecule has 0 aliphatic carbocycles. The van der Waals surface area contributed by atoms with Gasteiger partial charge in [-0.05, 0) is 36.2 Å². The first-order valence-electron chi connectivity index (χ1n) is 7.63. The highest BCUT2D eigenvalue weighted by atomic mass is 19.1. The van der Waals surface area contributed by atoms with E-state index in [0.717, 1.165) is 10.9 Å². The highest BCUT2D eigenvalue weighted by Crippen LogP contribution is 2.29.